The van der Waals surface area contributed by atoms with Crippen molar-refractivity contribution < 1.29 is 41.9 Å². The van der Waals surface area contributed by atoms with E-state index in [2.05, 4.69) is 4.74 Å². The number of amides is 2. The third-order valence-corrected chi connectivity index (χ3v) is 5.25. The van der Waals surface area contributed by atoms with Crippen LogP contribution in [0.15, 0.2) is 36.4 Å². The molecule has 0 N–H and O–H groups in total. The van der Waals surface area contributed by atoms with Crippen LogP contribution >= 0.6 is 0 Å². The molecule has 35 heavy (non-hydrogen) atoms. The Balaban J connectivity index is 1.73. The van der Waals surface area contributed by atoms with Gasteiger partial charge in [0.1, 0.15) is 22.8 Å². The first kappa shape index (κ1) is 25.6. The zero-order valence-electron chi connectivity index (χ0n) is 18.8. The molecular formula is C22H22F3N3O7. The van der Waals surface area contributed by atoms with E-state index in [0.29, 0.717) is 17.1 Å². The lowest BCUT2D eigenvalue weighted by Gasteiger charge is -2.34. The van der Waals surface area contributed by atoms with E-state index in [0.717, 1.165) is 18.2 Å². The van der Waals surface area contributed by atoms with Crippen LogP contribution in [0.2, 0.25) is 0 Å². The van der Waals surface area contributed by atoms with Crippen LogP contribution in [0.3, 0.4) is 0 Å². The Morgan fingerprint density at radius 3 is 1.94 bits per heavy atom. The number of hydrogen-bond acceptors (Lipinski definition) is 7. The second kappa shape index (κ2) is 10.5. The molecule has 1 fully saturated rings. The summed E-state index contributed by atoms with van der Waals surface area (Å²) in [4.78, 5) is 39.3. The molecule has 2 aromatic carbocycles. The van der Waals surface area contributed by atoms with Gasteiger partial charge in [0, 0.05) is 43.9 Å². The van der Waals surface area contributed by atoms with Crippen LogP contribution in [0, 0.1) is 10.1 Å². The molecule has 0 aromatic heterocycles. The van der Waals surface area contributed by atoms with Gasteiger partial charge in [0.05, 0.1) is 19.1 Å². The van der Waals surface area contributed by atoms with Crippen molar-refractivity contribution in [1.29, 1.82) is 0 Å². The molecule has 0 spiro atoms. The normalized spacial score (nSPS) is 13.9. The zero-order valence-corrected chi connectivity index (χ0v) is 18.8. The number of ether oxygens (including phenoxy) is 3. The third kappa shape index (κ3) is 6.31. The second-order valence-electron chi connectivity index (χ2n) is 7.53. The maximum absolute atomic E-state index is 13.0. The van der Waals surface area contributed by atoms with E-state index < -0.39 is 34.9 Å². The van der Waals surface area contributed by atoms with Gasteiger partial charge in [-0.3, -0.25) is 19.7 Å². The minimum Gasteiger partial charge on any atom is -0.497 e. The first-order valence-corrected chi connectivity index (χ1v) is 10.3. The highest BCUT2D eigenvalue weighted by molar-refractivity contribution is 5.99. The Kier molecular flexibility index (Phi) is 7.67. The number of benzene rings is 2. The van der Waals surface area contributed by atoms with Crippen LogP contribution in [-0.4, -0.2) is 79.7 Å². The Morgan fingerprint density at radius 1 is 0.914 bits per heavy atom. The molecule has 1 aliphatic rings. The number of alkyl halides is 3. The number of nitrogens with zero attached hydrogens (tertiary/aromatic N) is 3. The van der Waals surface area contributed by atoms with Crippen molar-refractivity contribution in [2.45, 2.75) is 6.18 Å². The van der Waals surface area contributed by atoms with E-state index >= 15 is 0 Å². The minimum atomic E-state index is -4.61. The van der Waals surface area contributed by atoms with Gasteiger partial charge in [-0.05, 0) is 24.3 Å². The van der Waals surface area contributed by atoms with E-state index in [1.54, 1.807) is 18.2 Å². The fourth-order valence-electron chi connectivity index (χ4n) is 3.50. The largest absolute Gasteiger partial charge is 0.497 e. The summed E-state index contributed by atoms with van der Waals surface area (Å²) >= 11 is 0. The fraction of sp³-hybridized carbons (Fsp3) is 0.364. The number of halogens is 3. The molecular weight excluding hydrogens is 475 g/mol. The highest BCUT2D eigenvalue weighted by Gasteiger charge is 2.32. The average Bonchev–Trinajstić information content (AvgIpc) is 2.85. The van der Waals surface area contributed by atoms with Crippen molar-refractivity contribution in [3.05, 3.63) is 57.6 Å². The van der Waals surface area contributed by atoms with Gasteiger partial charge < -0.3 is 24.0 Å². The lowest BCUT2D eigenvalue weighted by Crippen LogP contribution is -2.50. The summed E-state index contributed by atoms with van der Waals surface area (Å²) in [5, 5.41) is 11.4. The van der Waals surface area contributed by atoms with Gasteiger partial charge in [-0.25, -0.2) is 0 Å². The molecule has 188 valence electrons. The molecule has 13 heteroatoms. The minimum absolute atomic E-state index is 0.0659. The molecule has 0 saturated carbocycles. The molecule has 1 aliphatic heterocycles. The Labute approximate surface area is 197 Å². The van der Waals surface area contributed by atoms with Crippen molar-refractivity contribution in [2.24, 2.45) is 0 Å². The summed E-state index contributed by atoms with van der Waals surface area (Å²) in [5.74, 6) is -0.521. The van der Waals surface area contributed by atoms with Gasteiger partial charge in [-0.2, -0.15) is 13.2 Å². The molecule has 0 atom stereocenters. The summed E-state index contributed by atoms with van der Waals surface area (Å²) in [6.45, 7) is -1.19. The molecule has 3 rings (SSSR count). The number of nitro groups is 1. The van der Waals surface area contributed by atoms with Crippen molar-refractivity contribution in [3.8, 4) is 17.2 Å². The molecule has 2 amide bonds. The Morgan fingerprint density at radius 2 is 1.46 bits per heavy atom. The maximum Gasteiger partial charge on any atom is 0.422 e. The molecule has 2 aromatic rings. The monoisotopic (exact) mass is 497 g/mol. The highest BCUT2D eigenvalue weighted by Crippen LogP contribution is 2.28. The van der Waals surface area contributed by atoms with Crippen LogP contribution in [0.25, 0.3) is 0 Å². The lowest BCUT2D eigenvalue weighted by atomic mass is 10.1. The van der Waals surface area contributed by atoms with Gasteiger partial charge in [0.2, 0.25) is 0 Å². The van der Waals surface area contributed by atoms with Gasteiger partial charge in [-0.1, -0.05) is 0 Å². The van der Waals surface area contributed by atoms with Gasteiger partial charge in [0.15, 0.2) is 6.61 Å². The zero-order chi connectivity index (χ0) is 25.8. The van der Waals surface area contributed by atoms with Crippen LogP contribution in [0.4, 0.5) is 18.9 Å². The Bertz CT molecular complexity index is 1090. The third-order valence-electron chi connectivity index (χ3n) is 5.25. The van der Waals surface area contributed by atoms with Crippen molar-refractivity contribution in [3.63, 3.8) is 0 Å². The van der Waals surface area contributed by atoms with E-state index in [1.165, 1.54) is 24.0 Å². The van der Waals surface area contributed by atoms with Crippen molar-refractivity contribution in [2.75, 3.05) is 47.0 Å². The number of hydrogen-bond donors (Lipinski definition) is 0. The Hall–Kier alpha value is -4.03. The van der Waals surface area contributed by atoms with Gasteiger partial charge in [0.25, 0.3) is 17.5 Å². The standard InChI is InChI=1S/C22H22F3N3O7/c1-33-16-9-14(10-17(11-16)34-2)20(29)26-5-7-27(8-6-26)21(30)18-12-15(35-13-22(23,24)25)3-4-19(18)28(31)32/h3-4,9-12H,5-8,13H2,1-2H3. The molecule has 0 unspecified atom stereocenters. The number of piperazine rings is 1. The number of methoxy groups -OCH3 is 2. The number of carbonyl (C=O) groups is 2. The molecule has 0 aliphatic carbocycles. The predicted molar refractivity (Wildman–Crippen MR) is 116 cm³/mol. The number of rotatable bonds is 7. The molecule has 0 radical (unpaired) electrons. The van der Waals surface area contributed by atoms with E-state index in [4.69, 9.17) is 9.47 Å². The summed E-state index contributed by atoms with van der Waals surface area (Å²) in [6, 6.07) is 7.57. The highest BCUT2D eigenvalue weighted by atomic mass is 19.4. The van der Waals surface area contributed by atoms with Crippen LogP contribution < -0.4 is 14.2 Å². The topological polar surface area (TPSA) is 111 Å². The average molecular weight is 497 g/mol. The molecule has 10 nitrogen and oxygen atoms in total. The van der Waals surface area contributed by atoms with E-state index in [9.17, 15) is 32.9 Å². The molecule has 1 saturated heterocycles. The summed E-state index contributed by atoms with van der Waals surface area (Å²) in [6.07, 6.45) is -4.61. The van der Waals surface area contributed by atoms with Crippen LogP contribution in [0.5, 0.6) is 17.2 Å². The number of carbonyl (C=O) groups excluding carboxylic acids is 2. The lowest BCUT2D eigenvalue weighted by molar-refractivity contribution is -0.385. The predicted octanol–water partition coefficient (Wildman–Crippen LogP) is 3.15. The first-order valence-electron chi connectivity index (χ1n) is 10.3. The van der Waals surface area contributed by atoms with E-state index in [1.807, 2.05) is 0 Å². The molecule has 1 heterocycles. The van der Waals surface area contributed by atoms with Crippen LogP contribution in [0.1, 0.15) is 20.7 Å². The van der Waals surface area contributed by atoms with Gasteiger partial charge in [-0.15, -0.1) is 0 Å². The fourth-order valence-corrected chi connectivity index (χ4v) is 3.50. The van der Waals surface area contributed by atoms with E-state index in [-0.39, 0.29) is 37.8 Å². The molecule has 0 bridgehead atoms. The van der Waals surface area contributed by atoms with Crippen molar-refractivity contribution >= 4 is 17.5 Å². The van der Waals surface area contributed by atoms with Gasteiger partial charge >= 0.3 is 6.18 Å². The smallest absolute Gasteiger partial charge is 0.422 e. The summed E-state index contributed by atoms with van der Waals surface area (Å²) < 4.78 is 52.3. The second-order valence-corrected chi connectivity index (χ2v) is 7.53. The van der Waals surface area contributed by atoms with Crippen LogP contribution in [-0.2, 0) is 0 Å². The summed E-state index contributed by atoms with van der Waals surface area (Å²) in [5.41, 5.74) is -0.630. The maximum atomic E-state index is 13.0. The van der Waals surface area contributed by atoms with Crippen molar-refractivity contribution in [1.82, 2.24) is 9.80 Å². The number of nitro benzene ring substituents is 1. The SMILES string of the molecule is COc1cc(OC)cc(C(=O)N2CCN(C(=O)c3cc(OCC(F)(F)F)ccc3[N+](=O)[O-])CC2)c1. The quantitative estimate of drug-likeness (QED) is 0.427. The first-order chi connectivity index (χ1) is 16.5. The summed E-state index contributed by atoms with van der Waals surface area (Å²) in [7, 11) is 2.91.